The van der Waals surface area contributed by atoms with E-state index < -0.39 is 5.60 Å². The van der Waals surface area contributed by atoms with E-state index in [9.17, 15) is 5.11 Å². The molecule has 5 nitrogen and oxygen atoms in total. The molecule has 2 fully saturated rings. The summed E-state index contributed by atoms with van der Waals surface area (Å²) in [4.78, 5) is 0. The van der Waals surface area contributed by atoms with E-state index in [0.717, 1.165) is 18.5 Å². The first-order valence-corrected chi connectivity index (χ1v) is 6.79. The van der Waals surface area contributed by atoms with E-state index in [1.54, 1.807) is 0 Å². The predicted octanol–water partition coefficient (Wildman–Crippen LogP) is 0.631. The first kappa shape index (κ1) is 12.1. The lowest BCUT2D eigenvalue weighted by molar-refractivity contribution is -0.0802. The molecule has 18 heavy (non-hydrogen) atoms. The summed E-state index contributed by atoms with van der Waals surface area (Å²) in [6.45, 7) is 4.43. The maximum Gasteiger partial charge on any atom is 0.0958 e. The van der Waals surface area contributed by atoms with Gasteiger partial charge in [0.05, 0.1) is 25.0 Å². The van der Waals surface area contributed by atoms with Crippen LogP contribution in [0.3, 0.4) is 0 Å². The topological polar surface area (TPSA) is 59.3 Å². The molecule has 1 aromatic rings. The lowest BCUT2D eigenvalue weighted by Crippen LogP contribution is -2.58. The van der Waals surface area contributed by atoms with Gasteiger partial charge >= 0.3 is 0 Å². The van der Waals surface area contributed by atoms with E-state index >= 15 is 0 Å². The molecule has 2 atom stereocenters. The van der Waals surface area contributed by atoms with Crippen LogP contribution in [0.25, 0.3) is 0 Å². The average Bonchev–Trinajstić information content (AvgIpc) is 2.78. The highest BCUT2D eigenvalue weighted by atomic mass is 16.5. The minimum absolute atomic E-state index is 0.261. The molecule has 5 heteroatoms. The lowest BCUT2D eigenvalue weighted by atomic mass is 9.79. The van der Waals surface area contributed by atoms with Crippen molar-refractivity contribution < 1.29 is 9.84 Å². The van der Waals surface area contributed by atoms with E-state index in [4.69, 9.17) is 4.74 Å². The molecular weight excluding hydrogens is 230 g/mol. The first-order valence-electron chi connectivity index (χ1n) is 6.79. The van der Waals surface area contributed by atoms with Gasteiger partial charge in [0.1, 0.15) is 0 Å². The van der Waals surface area contributed by atoms with Crippen molar-refractivity contribution in [3.63, 3.8) is 0 Å². The SMILES string of the molecule is CCCn1cc(C2(O)CC3COCC(C2)N3)cn1. The summed E-state index contributed by atoms with van der Waals surface area (Å²) < 4.78 is 7.43. The van der Waals surface area contributed by atoms with Crippen molar-refractivity contribution in [2.45, 2.75) is 50.4 Å². The number of aryl methyl sites for hydroxylation is 1. The summed E-state index contributed by atoms with van der Waals surface area (Å²) >= 11 is 0. The monoisotopic (exact) mass is 251 g/mol. The molecule has 2 aliphatic rings. The van der Waals surface area contributed by atoms with E-state index in [-0.39, 0.29) is 12.1 Å². The summed E-state index contributed by atoms with van der Waals surface area (Å²) in [5, 5.41) is 18.7. The van der Waals surface area contributed by atoms with Crippen LogP contribution in [-0.4, -0.2) is 40.2 Å². The molecule has 2 unspecified atom stereocenters. The van der Waals surface area contributed by atoms with Gasteiger partial charge in [0.2, 0.25) is 0 Å². The highest BCUT2D eigenvalue weighted by Crippen LogP contribution is 2.36. The molecule has 2 bridgehead atoms. The van der Waals surface area contributed by atoms with E-state index in [1.807, 2.05) is 17.1 Å². The molecular formula is C13H21N3O2. The molecule has 0 aliphatic carbocycles. The normalized spacial score (nSPS) is 35.7. The Kier molecular flexibility index (Phi) is 3.13. The summed E-state index contributed by atoms with van der Waals surface area (Å²) in [5.41, 5.74) is 0.213. The van der Waals surface area contributed by atoms with E-state index in [0.29, 0.717) is 26.1 Å². The number of ether oxygens (including phenoxy) is 1. The van der Waals surface area contributed by atoms with Crippen molar-refractivity contribution in [1.82, 2.24) is 15.1 Å². The Morgan fingerprint density at radius 3 is 2.89 bits per heavy atom. The smallest absolute Gasteiger partial charge is 0.0958 e. The van der Waals surface area contributed by atoms with Crippen LogP contribution in [0.1, 0.15) is 31.7 Å². The second-order valence-corrected chi connectivity index (χ2v) is 5.53. The van der Waals surface area contributed by atoms with Crippen LogP contribution in [0.5, 0.6) is 0 Å². The average molecular weight is 251 g/mol. The molecule has 3 rings (SSSR count). The Hall–Kier alpha value is -0.910. The van der Waals surface area contributed by atoms with Gasteiger partial charge in [-0.2, -0.15) is 5.10 Å². The summed E-state index contributed by atoms with van der Waals surface area (Å²) in [6.07, 6.45) is 6.28. The number of hydrogen-bond acceptors (Lipinski definition) is 4. The lowest BCUT2D eigenvalue weighted by Gasteiger charge is -2.44. The number of nitrogens with one attached hydrogen (secondary N) is 1. The van der Waals surface area contributed by atoms with Crippen molar-refractivity contribution in [1.29, 1.82) is 0 Å². The highest BCUT2D eigenvalue weighted by molar-refractivity contribution is 5.18. The number of fused-ring (bicyclic) bond motifs is 2. The number of aromatic nitrogens is 2. The Morgan fingerprint density at radius 2 is 2.22 bits per heavy atom. The zero-order valence-electron chi connectivity index (χ0n) is 10.8. The van der Waals surface area contributed by atoms with Crippen molar-refractivity contribution >= 4 is 0 Å². The third-order valence-electron chi connectivity index (χ3n) is 3.90. The minimum atomic E-state index is -0.740. The van der Waals surface area contributed by atoms with Crippen LogP contribution < -0.4 is 5.32 Å². The van der Waals surface area contributed by atoms with Crippen LogP contribution in [0, 0.1) is 0 Å². The Labute approximate surface area is 107 Å². The van der Waals surface area contributed by atoms with Gasteiger partial charge in [-0.3, -0.25) is 4.68 Å². The molecule has 0 amide bonds. The van der Waals surface area contributed by atoms with Crippen LogP contribution >= 0.6 is 0 Å². The number of piperidine rings is 1. The van der Waals surface area contributed by atoms with Crippen LogP contribution in [-0.2, 0) is 16.9 Å². The third-order valence-corrected chi connectivity index (χ3v) is 3.90. The standard InChI is InChI=1S/C13H21N3O2/c1-2-3-16-7-10(6-14-16)13(17)4-11-8-18-9-12(5-13)15-11/h6-7,11-12,15,17H,2-5,8-9H2,1H3. The molecule has 2 saturated heterocycles. The second kappa shape index (κ2) is 4.64. The van der Waals surface area contributed by atoms with Gasteiger partial charge in [0.25, 0.3) is 0 Å². The number of morpholine rings is 1. The van der Waals surface area contributed by atoms with Crippen molar-refractivity contribution in [3.05, 3.63) is 18.0 Å². The Morgan fingerprint density at radius 1 is 1.50 bits per heavy atom. The largest absolute Gasteiger partial charge is 0.385 e. The Bertz CT molecular complexity index is 406. The number of aliphatic hydroxyl groups is 1. The van der Waals surface area contributed by atoms with Crippen LogP contribution in [0.4, 0.5) is 0 Å². The fourth-order valence-electron chi connectivity index (χ4n) is 3.11. The zero-order chi connectivity index (χ0) is 12.6. The third kappa shape index (κ3) is 2.18. The van der Waals surface area contributed by atoms with E-state index in [2.05, 4.69) is 17.3 Å². The summed E-state index contributed by atoms with van der Waals surface area (Å²) in [5.74, 6) is 0. The molecule has 3 heterocycles. The maximum absolute atomic E-state index is 10.9. The quantitative estimate of drug-likeness (QED) is 0.827. The van der Waals surface area contributed by atoms with Gasteiger partial charge < -0.3 is 15.2 Å². The van der Waals surface area contributed by atoms with Crippen molar-refractivity contribution in [3.8, 4) is 0 Å². The van der Waals surface area contributed by atoms with Gasteiger partial charge in [-0.25, -0.2) is 0 Å². The fraction of sp³-hybridized carbons (Fsp3) is 0.769. The molecule has 0 aromatic carbocycles. The number of nitrogens with zero attached hydrogens (tertiary/aromatic N) is 2. The molecule has 0 radical (unpaired) electrons. The van der Waals surface area contributed by atoms with Crippen LogP contribution in [0.2, 0.25) is 0 Å². The minimum Gasteiger partial charge on any atom is -0.385 e. The fourth-order valence-corrected chi connectivity index (χ4v) is 3.11. The van der Waals surface area contributed by atoms with Crippen molar-refractivity contribution in [2.75, 3.05) is 13.2 Å². The predicted molar refractivity (Wildman–Crippen MR) is 67.2 cm³/mol. The molecule has 100 valence electrons. The van der Waals surface area contributed by atoms with Gasteiger partial charge in [-0.05, 0) is 19.3 Å². The van der Waals surface area contributed by atoms with Gasteiger partial charge in [-0.15, -0.1) is 0 Å². The Balaban J connectivity index is 1.80. The first-order chi connectivity index (χ1) is 8.69. The second-order valence-electron chi connectivity index (χ2n) is 5.53. The van der Waals surface area contributed by atoms with Crippen molar-refractivity contribution in [2.24, 2.45) is 0 Å². The van der Waals surface area contributed by atoms with Gasteiger partial charge in [0, 0.05) is 30.4 Å². The van der Waals surface area contributed by atoms with E-state index in [1.165, 1.54) is 0 Å². The zero-order valence-corrected chi connectivity index (χ0v) is 10.8. The summed E-state index contributed by atoms with van der Waals surface area (Å²) in [7, 11) is 0. The molecule has 2 aliphatic heterocycles. The van der Waals surface area contributed by atoms with Gasteiger partial charge in [0.15, 0.2) is 0 Å². The van der Waals surface area contributed by atoms with Crippen LogP contribution in [0.15, 0.2) is 12.4 Å². The number of rotatable bonds is 3. The maximum atomic E-state index is 10.9. The summed E-state index contributed by atoms with van der Waals surface area (Å²) in [6, 6.07) is 0.522. The molecule has 2 N–H and O–H groups in total. The molecule has 1 aromatic heterocycles. The highest BCUT2D eigenvalue weighted by Gasteiger charge is 2.42. The molecule has 0 spiro atoms. The van der Waals surface area contributed by atoms with Gasteiger partial charge in [-0.1, -0.05) is 6.92 Å². The number of hydrogen-bond donors (Lipinski definition) is 2. The molecule has 0 saturated carbocycles.